The summed E-state index contributed by atoms with van der Waals surface area (Å²) in [5.41, 5.74) is 3.91. The third kappa shape index (κ3) is 4.22. The number of carbonyl (C=O) groups excluding carboxylic acids is 2. The van der Waals surface area contributed by atoms with Crippen LogP contribution in [0.4, 0.5) is 10.8 Å². The Bertz CT molecular complexity index is 1010. The van der Waals surface area contributed by atoms with E-state index >= 15 is 0 Å². The molecule has 1 aliphatic heterocycles. The minimum atomic E-state index is -0.377. The van der Waals surface area contributed by atoms with E-state index in [1.54, 1.807) is 9.80 Å². The van der Waals surface area contributed by atoms with Gasteiger partial charge in [-0.1, -0.05) is 48.0 Å². The average Bonchev–Trinajstić information content (AvgIpc) is 3.30. The molecule has 0 radical (unpaired) electrons. The Morgan fingerprint density at radius 3 is 2.52 bits per heavy atom. The number of anilines is 2. The highest BCUT2D eigenvalue weighted by Gasteiger charge is 2.38. The molecule has 0 bridgehead atoms. The number of carbonyl (C=O) groups is 2. The minimum absolute atomic E-state index is 0.0206. The number of amides is 2. The summed E-state index contributed by atoms with van der Waals surface area (Å²) >= 11 is 1.44. The van der Waals surface area contributed by atoms with Gasteiger partial charge in [-0.05, 0) is 31.5 Å². The first-order valence-electron chi connectivity index (χ1n) is 9.66. The molecule has 29 heavy (non-hydrogen) atoms. The predicted molar refractivity (Wildman–Crippen MR) is 115 cm³/mol. The van der Waals surface area contributed by atoms with Gasteiger partial charge in [0, 0.05) is 24.9 Å². The normalized spacial score (nSPS) is 16.3. The number of para-hydroxylation sites is 1. The van der Waals surface area contributed by atoms with Crippen LogP contribution in [0.2, 0.25) is 0 Å². The molecule has 0 saturated carbocycles. The Balaban J connectivity index is 1.55. The van der Waals surface area contributed by atoms with Gasteiger partial charge < -0.3 is 4.90 Å². The summed E-state index contributed by atoms with van der Waals surface area (Å²) in [4.78, 5) is 34.0. The van der Waals surface area contributed by atoms with Crippen molar-refractivity contribution in [3.05, 3.63) is 76.8 Å². The summed E-state index contributed by atoms with van der Waals surface area (Å²) in [5.74, 6) is -0.435. The number of rotatable bonds is 5. The van der Waals surface area contributed by atoms with Crippen LogP contribution in [0.15, 0.2) is 60.0 Å². The number of aromatic nitrogens is 1. The van der Waals surface area contributed by atoms with E-state index in [0.717, 1.165) is 16.9 Å². The van der Waals surface area contributed by atoms with Crippen molar-refractivity contribution in [2.75, 3.05) is 11.4 Å². The zero-order chi connectivity index (χ0) is 20.4. The summed E-state index contributed by atoms with van der Waals surface area (Å²) in [6.45, 7) is 4.91. The van der Waals surface area contributed by atoms with Gasteiger partial charge in [-0.15, -0.1) is 11.3 Å². The van der Waals surface area contributed by atoms with Gasteiger partial charge in [0.15, 0.2) is 5.13 Å². The third-order valence-corrected chi connectivity index (χ3v) is 6.03. The smallest absolute Gasteiger partial charge is 0.238 e. The van der Waals surface area contributed by atoms with E-state index in [1.165, 1.54) is 16.9 Å². The monoisotopic (exact) mass is 405 g/mol. The Morgan fingerprint density at radius 2 is 1.86 bits per heavy atom. The molecular weight excluding hydrogens is 382 g/mol. The summed E-state index contributed by atoms with van der Waals surface area (Å²) in [5, 5.41) is 2.57. The lowest BCUT2D eigenvalue weighted by atomic mass is 10.1. The van der Waals surface area contributed by atoms with E-state index in [-0.39, 0.29) is 24.2 Å². The standard InChI is InChI=1S/C23H23N3O2S/c1-16-8-10-18(11-9-16)13-25-14-19(12-21(25)27)22(28)26(20-6-4-3-5-7-20)23-24-17(2)15-29-23/h3-11,15,19H,12-14H2,1-2H3. The molecule has 1 saturated heterocycles. The molecule has 6 heteroatoms. The predicted octanol–water partition coefficient (Wildman–Crippen LogP) is 4.47. The minimum Gasteiger partial charge on any atom is -0.338 e. The van der Waals surface area contributed by atoms with Crippen LogP contribution >= 0.6 is 11.3 Å². The lowest BCUT2D eigenvalue weighted by molar-refractivity contribution is -0.128. The van der Waals surface area contributed by atoms with Crippen molar-refractivity contribution >= 4 is 34.0 Å². The summed E-state index contributed by atoms with van der Waals surface area (Å²) in [6, 6.07) is 17.7. The van der Waals surface area contributed by atoms with Crippen LogP contribution in [0.3, 0.4) is 0 Å². The molecule has 3 aromatic rings. The van der Waals surface area contributed by atoms with Gasteiger partial charge in [0.2, 0.25) is 11.8 Å². The van der Waals surface area contributed by atoms with Gasteiger partial charge >= 0.3 is 0 Å². The molecular formula is C23H23N3O2S. The molecule has 5 nitrogen and oxygen atoms in total. The second kappa shape index (κ2) is 8.17. The molecule has 1 unspecified atom stereocenters. The Kier molecular flexibility index (Phi) is 5.45. The second-order valence-electron chi connectivity index (χ2n) is 7.44. The van der Waals surface area contributed by atoms with E-state index in [9.17, 15) is 9.59 Å². The van der Waals surface area contributed by atoms with Crippen molar-refractivity contribution in [2.45, 2.75) is 26.8 Å². The number of hydrogen-bond donors (Lipinski definition) is 0. The molecule has 0 aliphatic carbocycles. The van der Waals surface area contributed by atoms with Gasteiger partial charge in [0.25, 0.3) is 0 Å². The highest BCUT2D eigenvalue weighted by atomic mass is 32.1. The maximum atomic E-state index is 13.5. The maximum absolute atomic E-state index is 13.5. The van der Waals surface area contributed by atoms with E-state index in [4.69, 9.17) is 0 Å². The van der Waals surface area contributed by atoms with Crippen molar-refractivity contribution in [3.63, 3.8) is 0 Å². The molecule has 1 aromatic heterocycles. The number of thiazole rings is 1. The van der Waals surface area contributed by atoms with Gasteiger partial charge in [0.1, 0.15) is 0 Å². The van der Waals surface area contributed by atoms with E-state index in [2.05, 4.69) is 4.98 Å². The molecule has 4 rings (SSSR count). The Labute approximate surface area is 174 Å². The maximum Gasteiger partial charge on any atom is 0.238 e. The van der Waals surface area contributed by atoms with Crippen molar-refractivity contribution in [1.82, 2.24) is 9.88 Å². The van der Waals surface area contributed by atoms with Crippen molar-refractivity contribution in [2.24, 2.45) is 5.92 Å². The molecule has 2 amide bonds. The largest absolute Gasteiger partial charge is 0.338 e. The van der Waals surface area contributed by atoms with Crippen LogP contribution in [0.25, 0.3) is 0 Å². The molecule has 148 valence electrons. The van der Waals surface area contributed by atoms with E-state index in [1.807, 2.05) is 73.8 Å². The van der Waals surface area contributed by atoms with E-state index in [0.29, 0.717) is 18.2 Å². The SMILES string of the molecule is Cc1ccc(CN2CC(C(=O)N(c3ccccc3)c3nc(C)cs3)CC2=O)cc1. The first-order chi connectivity index (χ1) is 14.0. The fourth-order valence-electron chi connectivity index (χ4n) is 3.54. The highest BCUT2D eigenvalue weighted by molar-refractivity contribution is 7.14. The molecule has 2 aromatic carbocycles. The summed E-state index contributed by atoms with van der Waals surface area (Å²) in [7, 11) is 0. The van der Waals surface area contributed by atoms with Crippen molar-refractivity contribution in [3.8, 4) is 0 Å². The highest BCUT2D eigenvalue weighted by Crippen LogP contribution is 2.32. The average molecular weight is 406 g/mol. The number of hydrogen-bond acceptors (Lipinski definition) is 4. The van der Waals surface area contributed by atoms with Gasteiger partial charge in [-0.3, -0.25) is 14.5 Å². The third-order valence-electron chi connectivity index (χ3n) is 5.09. The van der Waals surface area contributed by atoms with Crippen LogP contribution in [0.1, 0.15) is 23.2 Å². The number of aryl methyl sites for hydroxylation is 2. The lowest BCUT2D eigenvalue weighted by Crippen LogP contribution is -2.34. The lowest BCUT2D eigenvalue weighted by Gasteiger charge is -2.23. The Morgan fingerprint density at radius 1 is 1.14 bits per heavy atom. The molecule has 1 fully saturated rings. The molecule has 1 atom stereocenters. The number of benzene rings is 2. The van der Waals surface area contributed by atoms with Crippen LogP contribution in [0.5, 0.6) is 0 Å². The molecule has 1 aliphatic rings. The second-order valence-corrected chi connectivity index (χ2v) is 8.28. The Hall–Kier alpha value is -2.99. The van der Waals surface area contributed by atoms with Crippen LogP contribution in [0, 0.1) is 19.8 Å². The number of nitrogens with zero attached hydrogens (tertiary/aromatic N) is 3. The molecule has 0 spiro atoms. The number of likely N-dealkylation sites (tertiary alicyclic amines) is 1. The fraction of sp³-hybridized carbons (Fsp3) is 0.261. The van der Waals surface area contributed by atoms with Gasteiger partial charge in [-0.2, -0.15) is 0 Å². The first-order valence-corrected chi connectivity index (χ1v) is 10.5. The van der Waals surface area contributed by atoms with Gasteiger partial charge in [-0.25, -0.2) is 4.98 Å². The van der Waals surface area contributed by atoms with E-state index < -0.39 is 0 Å². The fourth-order valence-corrected chi connectivity index (χ4v) is 4.37. The molecule has 0 N–H and O–H groups in total. The van der Waals surface area contributed by atoms with Crippen molar-refractivity contribution < 1.29 is 9.59 Å². The quantitative estimate of drug-likeness (QED) is 0.629. The van der Waals surface area contributed by atoms with Crippen LogP contribution in [-0.4, -0.2) is 28.2 Å². The van der Waals surface area contributed by atoms with Crippen molar-refractivity contribution in [1.29, 1.82) is 0 Å². The first kappa shape index (κ1) is 19.3. The topological polar surface area (TPSA) is 53.5 Å². The zero-order valence-corrected chi connectivity index (χ0v) is 17.4. The van der Waals surface area contributed by atoms with Crippen LogP contribution < -0.4 is 4.90 Å². The summed E-state index contributed by atoms with van der Waals surface area (Å²) < 4.78 is 0. The van der Waals surface area contributed by atoms with Crippen LogP contribution in [-0.2, 0) is 16.1 Å². The zero-order valence-electron chi connectivity index (χ0n) is 16.5. The van der Waals surface area contributed by atoms with Gasteiger partial charge in [0.05, 0.1) is 17.3 Å². The molecule has 2 heterocycles. The summed E-state index contributed by atoms with van der Waals surface area (Å²) in [6.07, 6.45) is 0.235.